The smallest absolute Gasteiger partial charge is 0.248 e. The molecule has 0 aromatic heterocycles. The molecule has 0 unspecified atom stereocenters. The number of hydrogen-bond donors (Lipinski definition) is 0. The molecule has 0 rings (SSSR count). The van der Waals surface area contributed by atoms with E-state index < -0.39 is 11.2 Å². The SMILES string of the molecule is COOC(/C=C/[N+](=O)[O-])OOC. The molecule has 7 heteroatoms. The zero-order valence-corrected chi connectivity index (χ0v) is 6.63. The van der Waals surface area contributed by atoms with Crippen molar-refractivity contribution in [3.05, 3.63) is 22.4 Å². The Labute approximate surface area is 68.5 Å². The molecule has 0 aliphatic carbocycles. The monoisotopic (exact) mass is 179 g/mol. The molecule has 0 radical (unpaired) electrons. The molecule has 0 aliphatic heterocycles. The predicted molar refractivity (Wildman–Crippen MR) is 36.1 cm³/mol. The maximum absolute atomic E-state index is 9.84. The lowest BCUT2D eigenvalue weighted by Gasteiger charge is -2.07. The summed E-state index contributed by atoms with van der Waals surface area (Å²) < 4.78 is 0. The largest absolute Gasteiger partial charge is 0.259 e. The zero-order chi connectivity index (χ0) is 9.40. The highest BCUT2D eigenvalue weighted by Gasteiger charge is 2.07. The number of nitrogens with zero attached hydrogens (tertiary/aromatic N) is 1. The van der Waals surface area contributed by atoms with Crippen LogP contribution in [-0.4, -0.2) is 25.4 Å². The first-order valence-corrected chi connectivity index (χ1v) is 2.91. The van der Waals surface area contributed by atoms with Gasteiger partial charge in [0.1, 0.15) is 0 Å². The molecular weight excluding hydrogens is 170 g/mol. The van der Waals surface area contributed by atoms with Gasteiger partial charge >= 0.3 is 0 Å². The van der Waals surface area contributed by atoms with Crippen molar-refractivity contribution in [3.63, 3.8) is 0 Å². The molecule has 0 atom stereocenters. The summed E-state index contributed by atoms with van der Waals surface area (Å²) >= 11 is 0. The van der Waals surface area contributed by atoms with Crippen LogP contribution in [0.15, 0.2) is 12.3 Å². The van der Waals surface area contributed by atoms with Crippen molar-refractivity contribution in [1.82, 2.24) is 0 Å². The van der Waals surface area contributed by atoms with Crippen molar-refractivity contribution in [2.75, 3.05) is 14.2 Å². The van der Waals surface area contributed by atoms with Crippen molar-refractivity contribution >= 4 is 0 Å². The number of hydrogen-bond acceptors (Lipinski definition) is 6. The quantitative estimate of drug-likeness (QED) is 0.252. The van der Waals surface area contributed by atoms with Crippen molar-refractivity contribution in [3.8, 4) is 0 Å². The van der Waals surface area contributed by atoms with E-state index in [2.05, 4.69) is 19.6 Å². The Balaban J connectivity index is 3.84. The summed E-state index contributed by atoms with van der Waals surface area (Å²) in [7, 11) is 2.48. The molecule has 0 fully saturated rings. The van der Waals surface area contributed by atoms with E-state index >= 15 is 0 Å². The second-order valence-electron chi connectivity index (χ2n) is 1.52. The summed E-state index contributed by atoms with van der Waals surface area (Å²) in [6.45, 7) is 0. The lowest BCUT2D eigenvalue weighted by Crippen LogP contribution is -2.13. The van der Waals surface area contributed by atoms with E-state index in [0.29, 0.717) is 6.20 Å². The highest BCUT2D eigenvalue weighted by molar-refractivity contribution is 4.75. The van der Waals surface area contributed by atoms with Crippen LogP contribution in [0.1, 0.15) is 0 Å². The standard InChI is InChI=1S/C5H9NO6/c1-9-11-5(12-10-2)3-4-6(7)8/h3-5H,1-2H3/b4-3+. The lowest BCUT2D eigenvalue weighted by molar-refractivity contribution is -0.439. The molecule has 12 heavy (non-hydrogen) atoms. The van der Waals surface area contributed by atoms with Crippen LogP contribution in [0.5, 0.6) is 0 Å². The Morgan fingerprint density at radius 2 is 1.83 bits per heavy atom. The van der Waals surface area contributed by atoms with E-state index in [9.17, 15) is 10.1 Å². The molecule has 0 bridgehead atoms. The molecule has 0 heterocycles. The second-order valence-corrected chi connectivity index (χ2v) is 1.52. The van der Waals surface area contributed by atoms with E-state index in [1.165, 1.54) is 14.2 Å². The normalized spacial score (nSPS) is 11.2. The minimum absolute atomic E-state index is 0.655. The highest BCUT2D eigenvalue weighted by Crippen LogP contribution is 1.97. The summed E-state index contributed by atoms with van der Waals surface area (Å²) in [5.74, 6) is 0. The van der Waals surface area contributed by atoms with Crippen LogP contribution in [0.3, 0.4) is 0 Å². The summed E-state index contributed by atoms with van der Waals surface area (Å²) in [6, 6.07) is 0. The number of nitro groups is 1. The lowest BCUT2D eigenvalue weighted by atomic mass is 10.6. The zero-order valence-electron chi connectivity index (χ0n) is 6.63. The summed E-state index contributed by atoms with van der Waals surface area (Å²) in [4.78, 5) is 26.4. The third-order valence-electron chi connectivity index (χ3n) is 0.747. The fourth-order valence-electron chi connectivity index (χ4n) is 0.410. The number of rotatable bonds is 6. The van der Waals surface area contributed by atoms with Crippen LogP contribution in [0.2, 0.25) is 0 Å². The van der Waals surface area contributed by atoms with Gasteiger partial charge in [-0.2, -0.15) is 9.78 Å². The molecule has 0 spiro atoms. The van der Waals surface area contributed by atoms with Crippen LogP contribution in [-0.2, 0) is 19.6 Å². The van der Waals surface area contributed by atoms with E-state index in [1.807, 2.05) is 0 Å². The van der Waals surface area contributed by atoms with Crippen LogP contribution >= 0.6 is 0 Å². The van der Waals surface area contributed by atoms with Crippen molar-refractivity contribution in [1.29, 1.82) is 0 Å². The summed E-state index contributed by atoms with van der Waals surface area (Å²) in [6.07, 6.45) is 0.626. The average Bonchev–Trinajstić information content (AvgIpc) is 2.01. The van der Waals surface area contributed by atoms with E-state index in [1.54, 1.807) is 0 Å². The van der Waals surface area contributed by atoms with E-state index in [0.717, 1.165) is 6.08 Å². The maximum Gasteiger partial charge on any atom is 0.248 e. The van der Waals surface area contributed by atoms with Gasteiger partial charge in [-0.3, -0.25) is 10.1 Å². The van der Waals surface area contributed by atoms with Gasteiger partial charge in [0.2, 0.25) is 12.5 Å². The van der Waals surface area contributed by atoms with Crippen LogP contribution < -0.4 is 0 Å². The highest BCUT2D eigenvalue weighted by atomic mass is 17.3. The molecular formula is C5H9NO6. The van der Waals surface area contributed by atoms with E-state index in [-0.39, 0.29) is 0 Å². The summed E-state index contributed by atoms with van der Waals surface area (Å²) in [5.41, 5.74) is 0. The van der Waals surface area contributed by atoms with Crippen molar-refractivity contribution in [2.45, 2.75) is 6.29 Å². The molecule has 0 saturated heterocycles. The molecule has 0 aromatic carbocycles. The van der Waals surface area contributed by atoms with Gasteiger partial charge in [-0.1, -0.05) is 0 Å². The first-order valence-electron chi connectivity index (χ1n) is 2.91. The van der Waals surface area contributed by atoms with Gasteiger partial charge < -0.3 is 0 Å². The Morgan fingerprint density at radius 1 is 1.33 bits per heavy atom. The second kappa shape index (κ2) is 6.68. The first kappa shape index (κ1) is 11.0. The molecule has 7 nitrogen and oxygen atoms in total. The third kappa shape index (κ3) is 5.74. The van der Waals surface area contributed by atoms with Gasteiger partial charge in [-0.05, 0) is 0 Å². The van der Waals surface area contributed by atoms with Gasteiger partial charge in [0.05, 0.1) is 19.1 Å². The Morgan fingerprint density at radius 3 is 2.17 bits per heavy atom. The molecule has 0 aromatic rings. The van der Waals surface area contributed by atoms with Crippen molar-refractivity contribution < 1.29 is 24.5 Å². The average molecular weight is 179 g/mol. The fourth-order valence-corrected chi connectivity index (χ4v) is 0.410. The molecule has 0 amide bonds. The molecule has 0 saturated carbocycles. The van der Waals surface area contributed by atoms with Crippen LogP contribution in [0.4, 0.5) is 0 Å². The van der Waals surface area contributed by atoms with Gasteiger partial charge in [0.25, 0.3) is 0 Å². The topological polar surface area (TPSA) is 80.1 Å². The molecule has 0 aliphatic rings. The van der Waals surface area contributed by atoms with E-state index in [4.69, 9.17) is 0 Å². The Bertz CT molecular complexity index is 152. The molecule has 0 N–H and O–H groups in total. The van der Waals surface area contributed by atoms with Gasteiger partial charge in [-0.25, -0.2) is 9.78 Å². The maximum atomic E-state index is 9.84. The van der Waals surface area contributed by atoms with Gasteiger partial charge in [0.15, 0.2) is 0 Å². The first-order chi connectivity index (χ1) is 5.70. The Kier molecular flexibility index (Phi) is 6.11. The van der Waals surface area contributed by atoms with Crippen molar-refractivity contribution in [2.24, 2.45) is 0 Å². The molecule has 70 valence electrons. The summed E-state index contributed by atoms with van der Waals surface area (Å²) in [5, 5.41) is 9.84. The fraction of sp³-hybridized carbons (Fsp3) is 0.600. The van der Waals surface area contributed by atoms with Gasteiger partial charge in [0, 0.05) is 6.08 Å². The van der Waals surface area contributed by atoms with Crippen LogP contribution in [0, 0.1) is 10.1 Å². The van der Waals surface area contributed by atoms with Gasteiger partial charge in [-0.15, -0.1) is 0 Å². The predicted octanol–water partition coefficient (Wildman–Crippen LogP) is 0.259. The minimum atomic E-state index is -1.05. The van der Waals surface area contributed by atoms with Crippen LogP contribution in [0.25, 0.3) is 0 Å². The minimum Gasteiger partial charge on any atom is -0.259 e. The third-order valence-corrected chi connectivity index (χ3v) is 0.747. The Hall–Kier alpha value is -1.02.